The van der Waals surface area contributed by atoms with Crippen molar-refractivity contribution in [2.75, 3.05) is 27.2 Å². The number of hydrogen-bond acceptors (Lipinski definition) is 4. The standard InChI is InChI=1S/C10H13ClFNO3S/c1-13(2)5-6-16-9-4-3-8(12)7-10(9)17(11,14)15/h3-4,7H,5-6H2,1-2H3. The number of nitrogens with zero attached hydrogens (tertiary/aromatic N) is 1. The molecule has 0 saturated carbocycles. The molecule has 0 saturated heterocycles. The molecule has 1 aromatic rings. The second-order valence-electron chi connectivity index (χ2n) is 3.68. The first-order chi connectivity index (χ1) is 7.80. The molecule has 0 unspecified atom stereocenters. The SMILES string of the molecule is CN(C)CCOc1ccc(F)cc1S(=O)(=O)Cl. The molecule has 1 aromatic carbocycles. The maximum Gasteiger partial charge on any atom is 0.265 e. The van der Waals surface area contributed by atoms with E-state index in [-0.39, 0.29) is 17.3 Å². The van der Waals surface area contributed by atoms with Crippen LogP contribution in [0.2, 0.25) is 0 Å². The fraction of sp³-hybridized carbons (Fsp3) is 0.400. The second-order valence-corrected chi connectivity index (χ2v) is 6.22. The Labute approximate surface area is 104 Å². The van der Waals surface area contributed by atoms with Crippen LogP contribution in [0.25, 0.3) is 0 Å². The van der Waals surface area contributed by atoms with Gasteiger partial charge in [-0.1, -0.05) is 0 Å². The van der Waals surface area contributed by atoms with Gasteiger partial charge in [0.2, 0.25) is 0 Å². The Morgan fingerprint density at radius 3 is 2.59 bits per heavy atom. The molecule has 17 heavy (non-hydrogen) atoms. The third-order valence-electron chi connectivity index (χ3n) is 1.96. The first-order valence-electron chi connectivity index (χ1n) is 4.82. The van der Waals surface area contributed by atoms with Crippen molar-refractivity contribution in [3.8, 4) is 5.75 Å². The van der Waals surface area contributed by atoms with Crippen LogP contribution in [0.15, 0.2) is 23.1 Å². The molecule has 0 fully saturated rings. The van der Waals surface area contributed by atoms with E-state index in [9.17, 15) is 12.8 Å². The molecule has 0 N–H and O–H groups in total. The predicted molar refractivity (Wildman–Crippen MR) is 63.5 cm³/mol. The van der Waals surface area contributed by atoms with E-state index in [1.165, 1.54) is 6.07 Å². The highest BCUT2D eigenvalue weighted by molar-refractivity contribution is 8.13. The van der Waals surface area contributed by atoms with Crippen molar-refractivity contribution in [3.05, 3.63) is 24.0 Å². The van der Waals surface area contributed by atoms with Crippen LogP contribution in [0.1, 0.15) is 0 Å². The van der Waals surface area contributed by atoms with Gasteiger partial charge in [0.15, 0.2) is 0 Å². The van der Waals surface area contributed by atoms with Crippen LogP contribution >= 0.6 is 10.7 Å². The van der Waals surface area contributed by atoms with E-state index >= 15 is 0 Å². The molecule has 0 spiro atoms. The van der Waals surface area contributed by atoms with Crippen LogP contribution in [0, 0.1) is 5.82 Å². The number of likely N-dealkylation sites (N-methyl/N-ethyl adjacent to an activating group) is 1. The van der Waals surface area contributed by atoms with Crippen molar-refractivity contribution < 1.29 is 17.5 Å². The highest BCUT2D eigenvalue weighted by Crippen LogP contribution is 2.27. The minimum atomic E-state index is -4.01. The smallest absolute Gasteiger partial charge is 0.265 e. The van der Waals surface area contributed by atoms with Crippen molar-refractivity contribution in [2.45, 2.75) is 4.90 Å². The predicted octanol–water partition coefficient (Wildman–Crippen LogP) is 1.69. The first kappa shape index (κ1) is 14.2. The Kier molecular flexibility index (Phi) is 4.73. The van der Waals surface area contributed by atoms with E-state index < -0.39 is 14.9 Å². The fourth-order valence-corrected chi connectivity index (χ4v) is 2.11. The summed E-state index contributed by atoms with van der Waals surface area (Å²) in [6.45, 7) is 0.900. The molecule has 0 bridgehead atoms. The second kappa shape index (κ2) is 5.66. The Morgan fingerprint density at radius 2 is 2.06 bits per heavy atom. The van der Waals surface area contributed by atoms with Gasteiger partial charge in [-0.3, -0.25) is 0 Å². The number of hydrogen-bond donors (Lipinski definition) is 0. The lowest BCUT2D eigenvalue weighted by Crippen LogP contribution is -2.19. The average molecular weight is 282 g/mol. The van der Waals surface area contributed by atoms with Crippen LogP contribution in [0.4, 0.5) is 4.39 Å². The summed E-state index contributed by atoms with van der Waals surface area (Å²) in [5.41, 5.74) is 0. The molecule has 0 amide bonds. The van der Waals surface area contributed by atoms with Crippen molar-refractivity contribution in [2.24, 2.45) is 0 Å². The van der Waals surface area contributed by atoms with Gasteiger partial charge < -0.3 is 9.64 Å². The van der Waals surface area contributed by atoms with Gasteiger partial charge in [-0.2, -0.15) is 0 Å². The molecule has 0 aliphatic carbocycles. The van der Waals surface area contributed by atoms with Crippen LogP contribution in [0.3, 0.4) is 0 Å². The Morgan fingerprint density at radius 1 is 1.41 bits per heavy atom. The van der Waals surface area contributed by atoms with Gasteiger partial charge in [0.05, 0.1) is 0 Å². The summed E-state index contributed by atoms with van der Waals surface area (Å²) < 4.78 is 40.6. The Balaban J connectivity index is 2.92. The lowest BCUT2D eigenvalue weighted by molar-refractivity contribution is 0.256. The number of ether oxygens (including phenoxy) is 1. The Bertz CT molecular complexity index is 490. The van der Waals surface area contributed by atoms with Gasteiger partial charge in [0.1, 0.15) is 23.1 Å². The highest BCUT2D eigenvalue weighted by Gasteiger charge is 2.17. The molecule has 0 atom stereocenters. The zero-order valence-corrected chi connectivity index (χ0v) is 11.1. The molecule has 96 valence electrons. The minimum Gasteiger partial charge on any atom is -0.491 e. The maximum atomic E-state index is 12.9. The molecular weight excluding hydrogens is 269 g/mol. The normalized spacial score (nSPS) is 11.8. The molecular formula is C10H13ClFNO3S. The van der Waals surface area contributed by atoms with Crippen molar-refractivity contribution in [3.63, 3.8) is 0 Å². The Hall–Kier alpha value is -0.850. The third kappa shape index (κ3) is 4.49. The van der Waals surface area contributed by atoms with Crippen LogP contribution in [-0.4, -0.2) is 40.6 Å². The van der Waals surface area contributed by atoms with E-state index in [2.05, 4.69) is 0 Å². The van der Waals surface area contributed by atoms with Crippen molar-refractivity contribution in [1.29, 1.82) is 0 Å². The lowest BCUT2D eigenvalue weighted by Gasteiger charge is -2.12. The molecule has 0 heterocycles. The average Bonchev–Trinajstić information content (AvgIpc) is 2.18. The summed E-state index contributed by atoms with van der Waals surface area (Å²) in [7, 11) is 4.89. The van der Waals surface area contributed by atoms with Gasteiger partial charge in [-0.25, -0.2) is 12.8 Å². The maximum absolute atomic E-state index is 12.9. The number of rotatable bonds is 5. The molecule has 0 aliphatic heterocycles. The molecule has 1 rings (SSSR count). The van der Waals surface area contributed by atoms with Gasteiger partial charge in [-0.15, -0.1) is 0 Å². The summed E-state index contributed by atoms with van der Waals surface area (Å²) in [6, 6.07) is 3.21. The van der Waals surface area contributed by atoms with Gasteiger partial charge in [0.25, 0.3) is 9.05 Å². The molecule has 0 aliphatic rings. The minimum absolute atomic E-state index is 0.0586. The van der Waals surface area contributed by atoms with Crippen molar-refractivity contribution in [1.82, 2.24) is 4.90 Å². The molecule has 0 aromatic heterocycles. The molecule has 0 radical (unpaired) electrons. The number of benzene rings is 1. The zero-order valence-electron chi connectivity index (χ0n) is 9.48. The van der Waals surface area contributed by atoms with E-state index in [1.807, 2.05) is 19.0 Å². The first-order valence-corrected chi connectivity index (χ1v) is 7.13. The van der Waals surface area contributed by atoms with E-state index in [4.69, 9.17) is 15.4 Å². The van der Waals surface area contributed by atoms with Gasteiger partial charge in [-0.05, 0) is 32.3 Å². The summed E-state index contributed by atoms with van der Waals surface area (Å²) in [5.74, 6) is -0.618. The lowest BCUT2D eigenvalue weighted by atomic mass is 10.3. The quantitative estimate of drug-likeness (QED) is 0.771. The van der Waals surface area contributed by atoms with E-state index in [0.717, 1.165) is 12.1 Å². The monoisotopic (exact) mass is 281 g/mol. The fourth-order valence-electron chi connectivity index (χ4n) is 1.13. The third-order valence-corrected chi connectivity index (χ3v) is 3.31. The summed E-state index contributed by atoms with van der Waals surface area (Å²) in [4.78, 5) is 1.52. The molecule has 4 nitrogen and oxygen atoms in total. The zero-order chi connectivity index (χ0) is 13.1. The topological polar surface area (TPSA) is 46.6 Å². The largest absolute Gasteiger partial charge is 0.491 e. The summed E-state index contributed by atoms with van der Waals surface area (Å²) in [5, 5.41) is 0. The van der Waals surface area contributed by atoms with E-state index in [0.29, 0.717) is 6.54 Å². The summed E-state index contributed by atoms with van der Waals surface area (Å²) >= 11 is 0. The van der Waals surface area contributed by atoms with Crippen LogP contribution in [-0.2, 0) is 9.05 Å². The summed E-state index contributed by atoms with van der Waals surface area (Å²) in [6.07, 6.45) is 0. The van der Waals surface area contributed by atoms with Crippen LogP contribution in [0.5, 0.6) is 5.75 Å². The van der Waals surface area contributed by atoms with Gasteiger partial charge >= 0.3 is 0 Å². The van der Waals surface area contributed by atoms with E-state index in [1.54, 1.807) is 0 Å². The van der Waals surface area contributed by atoms with Crippen LogP contribution < -0.4 is 4.74 Å². The van der Waals surface area contributed by atoms with Gasteiger partial charge in [0, 0.05) is 17.2 Å². The molecule has 7 heteroatoms. The number of halogens is 2. The van der Waals surface area contributed by atoms with Crippen molar-refractivity contribution >= 4 is 19.7 Å². The highest BCUT2D eigenvalue weighted by atomic mass is 35.7.